The highest BCUT2D eigenvalue weighted by Gasteiger charge is 2.26. The van der Waals surface area contributed by atoms with E-state index in [1.807, 2.05) is 0 Å². The Morgan fingerprint density at radius 2 is 1.92 bits per heavy atom. The maximum Gasteiger partial charge on any atom is 0.132 e. The molecule has 1 aliphatic rings. The van der Waals surface area contributed by atoms with Gasteiger partial charge in [-0.25, -0.2) is 0 Å². The minimum Gasteiger partial charge on any atom is -0.330 e. The van der Waals surface area contributed by atoms with Crippen LogP contribution < -0.4 is 5.73 Å². The van der Waals surface area contributed by atoms with E-state index in [-0.39, 0.29) is 0 Å². The Hall–Kier alpha value is -0.370. The predicted molar refractivity (Wildman–Crippen MR) is 54.3 cm³/mol. The van der Waals surface area contributed by atoms with Gasteiger partial charge in [-0.3, -0.25) is 4.79 Å². The second-order valence-electron chi connectivity index (χ2n) is 4.44. The molecule has 2 nitrogen and oxygen atoms in total. The number of ketones is 1. The molecule has 0 radical (unpaired) electrons. The van der Waals surface area contributed by atoms with Crippen LogP contribution in [0.1, 0.15) is 39.5 Å². The van der Waals surface area contributed by atoms with Crippen LogP contribution in [0.2, 0.25) is 0 Å². The Labute approximate surface area is 80.9 Å². The SMILES string of the molecule is CC(=O)[C@H]1CC[C@H](C(C)CN)CC1. The molecule has 1 aliphatic carbocycles. The van der Waals surface area contributed by atoms with E-state index in [0.29, 0.717) is 17.6 Å². The van der Waals surface area contributed by atoms with E-state index in [2.05, 4.69) is 6.92 Å². The summed E-state index contributed by atoms with van der Waals surface area (Å²) >= 11 is 0. The van der Waals surface area contributed by atoms with Crippen molar-refractivity contribution in [1.82, 2.24) is 0 Å². The van der Waals surface area contributed by atoms with E-state index in [0.717, 1.165) is 25.3 Å². The van der Waals surface area contributed by atoms with E-state index >= 15 is 0 Å². The van der Waals surface area contributed by atoms with E-state index in [1.165, 1.54) is 12.8 Å². The lowest BCUT2D eigenvalue weighted by molar-refractivity contribution is -0.122. The van der Waals surface area contributed by atoms with Crippen LogP contribution in [-0.2, 0) is 4.79 Å². The third-order valence-corrected chi connectivity index (χ3v) is 3.52. The fourth-order valence-corrected chi connectivity index (χ4v) is 2.29. The molecule has 0 amide bonds. The number of carbonyl (C=O) groups excluding carboxylic acids is 1. The second kappa shape index (κ2) is 4.75. The normalized spacial score (nSPS) is 31.3. The predicted octanol–water partition coefficient (Wildman–Crippen LogP) is 1.98. The summed E-state index contributed by atoms with van der Waals surface area (Å²) in [4.78, 5) is 11.1. The molecule has 0 spiro atoms. The van der Waals surface area contributed by atoms with Crippen LogP contribution >= 0.6 is 0 Å². The van der Waals surface area contributed by atoms with Crippen LogP contribution in [0, 0.1) is 17.8 Å². The van der Waals surface area contributed by atoms with Crippen LogP contribution in [0.5, 0.6) is 0 Å². The van der Waals surface area contributed by atoms with E-state index < -0.39 is 0 Å². The Kier molecular flexibility index (Phi) is 3.91. The molecule has 1 unspecified atom stereocenters. The van der Waals surface area contributed by atoms with Crippen molar-refractivity contribution in [2.45, 2.75) is 39.5 Å². The largest absolute Gasteiger partial charge is 0.330 e. The molecule has 1 rings (SSSR count). The Bertz CT molecular complexity index is 171. The Balaban J connectivity index is 2.34. The molecule has 2 heteroatoms. The maximum absolute atomic E-state index is 11.1. The number of Topliss-reactive ketones (excluding diaryl/α,β-unsaturated/α-hetero) is 1. The van der Waals surface area contributed by atoms with E-state index in [1.54, 1.807) is 6.92 Å². The van der Waals surface area contributed by atoms with Crippen molar-refractivity contribution in [2.24, 2.45) is 23.5 Å². The Morgan fingerprint density at radius 1 is 1.38 bits per heavy atom. The molecule has 0 aliphatic heterocycles. The van der Waals surface area contributed by atoms with Crippen molar-refractivity contribution in [3.63, 3.8) is 0 Å². The highest BCUT2D eigenvalue weighted by atomic mass is 16.1. The minimum absolute atomic E-state index is 0.348. The molecule has 1 fully saturated rings. The summed E-state index contributed by atoms with van der Waals surface area (Å²) in [5.41, 5.74) is 5.63. The van der Waals surface area contributed by atoms with Crippen LogP contribution in [-0.4, -0.2) is 12.3 Å². The number of hydrogen-bond donors (Lipinski definition) is 1. The first-order chi connectivity index (χ1) is 6.15. The summed E-state index contributed by atoms with van der Waals surface area (Å²) in [7, 11) is 0. The molecule has 0 aromatic rings. The molecule has 0 aromatic carbocycles. The van der Waals surface area contributed by atoms with Gasteiger partial charge in [0.25, 0.3) is 0 Å². The number of nitrogens with two attached hydrogens (primary N) is 1. The summed E-state index contributed by atoms with van der Waals surface area (Å²) in [5.74, 6) is 2.12. The topological polar surface area (TPSA) is 43.1 Å². The minimum atomic E-state index is 0.348. The van der Waals surface area contributed by atoms with Gasteiger partial charge in [-0.15, -0.1) is 0 Å². The van der Waals surface area contributed by atoms with Crippen LogP contribution in [0.4, 0.5) is 0 Å². The second-order valence-corrected chi connectivity index (χ2v) is 4.44. The zero-order valence-corrected chi connectivity index (χ0v) is 8.75. The highest BCUT2D eigenvalue weighted by Crippen LogP contribution is 2.33. The molecular formula is C11H21NO. The van der Waals surface area contributed by atoms with Crippen molar-refractivity contribution in [3.8, 4) is 0 Å². The van der Waals surface area contributed by atoms with Gasteiger partial charge in [0.05, 0.1) is 0 Å². The van der Waals surface area contributed by atoms with Gasteiger partial charge in [0.1, 0.15) is 5.78 Å². The van der Waals surface area contributed by atoms with Crippen LogP contribution in [0.15, 0.2) is 0 Å². The van der Waals surface area contributed by atoms with E-state index in [4.69, 9.17) is 5.73 Å². The lowest BCUT2D eigenvalue weighted by atomic mass is 9.75. The standard InChI is InChI=1S/C11H21NO/c1-8(7-12)10-3-5-11(6-4-10)9(2)13/h8,10-11H,3-7,12H2,1-2H3/t8?,10-,11-. The monoisotopic (exact) mass is 183 g/mol. The summed E-state index contributed by atoms with van der Waals surface area (Å²) in [6.45, 7) is 4.73. The smallest absolute Gasteiger partial charge is 0.132 e. The van der Waals surface area contributed by atoms with Gasteiger partial charge >= 0.3 is 0 Å². The van der Waals surface area contributed by atoms with Crippen molar-refractivity contribution in [2.75, 3.05) is 6.54 Å². The first-order valence-electron chi connectivity index (χ1n) is 5.35. The summed E-state index contributed by atoms with van der Waals surface area (Å²) in [5, 5.41) is 0. The molecule has 0 saturated heterocycles. The van der Waals surface area contributed by atoms with Crippen molar-refractivity contribution in [3.05, 3.63) is 0 Å². The van der Waals surface area contributed by atoms with Gasteiger partial charge in [0.15, 0.2) is 0 Å². The summed E-state index contributed by atoms with van der Waals surface area (Å²) in [6, 6.07) is 0. The van der Waals surface area contributed by atoms with Gasteiger partial charge in [-0.2, -0.15) is 0 Å². The molecule has 0 aromatic heterocycles. The van der Waals surface area contributed by atoms with Gasteiger partial charge in [-0.1, -0.05) is 6.92 Å². The van der Waals surface area contributed by atoms with Gasteiger partial charge in [-0.05, 0) is 51.0 Å². The quantitative estimate of drug-likeness (QED) is 0.727. The molecule has 76 valence electrons. The third-order valence-electron chi connectivity index (χ3n) is 3.52. The molecular weight excluding hydrogens is 162 g/mol. The first-order valence-corrected chi connectivity index (χ1v) is 5.35. The van der Waals surface area contributed by atoms with Gasteiger partial charge in [0, 0.05) is 5.92 Å². The van der Waals surface area contributed by atoms with Gasteiger partial charge in [0.2, 0.25) is 0 Å². The lowest BCUT2D eigenvalue weighted by Crippen LogP contribution is -2.27. The number of rotatable bonds is 3. The average Bonchev–Trinajstić information content (AvgIpc) is 2.17. The van der Waals surface area contributed by atoms with Crippen molar-refractivity contribution in [1.29, 1.82) is 0 Å². The molecule has 0 bridgehead atoms. The van der Waals surface area contributed by atoms with Crippen LogP contribution in [0.3, 0.4) is 0 Å². The molecule has 1 atom stereocenters. The van der Waals surface area contributed by atoms with E-state index in [9.17, 15) is 4.79 Å². The zero-order chi connectivity index (χ0) is 9.84. The summed E-state index contributed by atoms with van der Waals surface area (Å²) < 4.78 is 0. The molecule has 1 saturated carbocycles. The van der Waals surface area contributed by atoms with Crippen molar-refractivity contribution >= 4 is 5.78 Å². The molecule has 2 N–H and O–H groups in total. The van der Waals surface area contributed by atoms with Crippen molar-refractivity contribution < 1.29 is 4.79 Å². The van der Waals surface area contributed by atoms with Gasteiger partial charge < -0.3 is 5.73 Å². The zero-order valence-electron chi connectivity index (χ0n) is 8.75. The highest BCUT2D eigenvalue weighted by molar-refractivity contribution is 5.78. The number of carbonyl (C=O) groups is 1. The molecule has 0 heterocycles. The first kappa shape index (κ1) is 10.7. The number of hydrogen-bond acceptors (Lipinski definition) is 2. The fourth-order valence-electron chi connectivity index (χ4n) is 2.29. The fraction of sp³-hybridized carbons (Fsp3) is 0.909. The molecule has 13 heavy (non-hydrogen) atoms. The summed E-state index contributed by atoms with van der Waals surface area (Å²) in [6.07, 6.45) is 4.57. The van der Waals surface area contributed by atoms with Crippen LogP contribution in [0.25, 0.3) is 0 Å². The average molecular weight is 183 g/mol. The lowest BCUT2D eigenvalue weighted by Gasteiger charge is -2.30. The Morgan fingerprint density at radius 3 is 2.31 bits per heavy atom. The maximum atomic E-state index is 11.1. The third kappa shape index (κ3) is 2.80.